The van der Waals surface area contributed by atoms with Crippen LogP contribution in [0.15, 0.2) is 5.16 Å². The second-order valence-corrected chi connectivity index (χ2v) is 7.86. The molecule has 0 bridgehead atoms. The Bertz CT molecular complexity index is 494. The highest BCUT2D eigenvalue weighted by molar-refractivity contribution is 5.86. The summed E-state index contributed by atoms with van der Waals surface area (Å²) in [6.45, 7) is 8.57. The molecule has 0 unspecified atom stereocenters. The van der Waals surface area contributed by atoms with Crippen molar-refractivity contribution in [2.75, 3.05) is 39.9 Å². The molecule has 25 heavy (non-hydrogen) atoms. The predicted molar refractivity (Wildman–Crippen MR) is 97.7 cm³/mol. The van der Waals surface area contributed by atoms with Gasteiger partial charge < -0.3 is 19.4 Å². The van der Waals surface area contributed by atoms with E-state index >= 15 is 0 Å². The van der Waals surface area contributed by atoms with Gasteiger partial charge in [-0.1, -0.05) is 12.1 Å². The Labute approximate surface area is 151 Å². The summed E-state index contributed by atoms with van der Waals surface area (Å²) in [5.74, 6) is 0.584. The summed E-state index contributed by atoms with van der Waals surface area (Å²) in [5, 5.41) is 4.22. The maximum Gasteiger partial charge on any atom is 0.409 e. The van der Waals surface area contributed by atoms with Crippen molar-refractivity contribution >= 4 is 11.8 Å². The average Bonchev–Trinajstić information content (AvgIpc) is 3.05. The van der Waals surface area contributed by atoms with Crippen LogP contribution in [0.3, 0.4) is 0 Å². The van der Waals surface area contributed by atoms with Crippen molar-refractivity contribution in [1.82, 2.24) is 9.80 Å². The lowest BCUT2D eigenvalue weighted by Crippen LogP contribution is -2.54. The molecule has 1 aliphatic carbocycles. The minimum Gasteiger partial charge on any atom is -0.450 e. The fraction of sp³-hybridized carbons (Fsp3) is 0.895. The van der Waals surface area contributed by atoms with Crippen LogP contribution in [0.4, 0.5) is 4.79 Å². The highest BCUT2D eigenvalue weighted by Gasteiger charge is 2.51. The zero-order valence-corrected chi connectivity index (χ0v) is 16.0. The molecule has 3 rings (SSSR count). The summed E-state index contributed by atoms with van der Waals surface area (Å²) in [6.07, 6.45) is 6.84. The van der Waals surface area contributed by atoms with Crippen LogP contribution in [0.1, 0.15) is 52.4 Å². The molecule has 1 spiro atoms. The molecule has 1 saturated carbocycles. The van der Waals surface area contributed by atoms with Crippen molar-refractivity contribution in [3.63, 3.8) is 0 Å². The third-order valence-electron chi connectivity index (χ3n) is 6.39. The Morgan fingerprint density at radius 2 is 1.92 bits per heavy atom. The Morgan fingerprint density at radius 1 is 1.20 bits per heavy atom. The van der Waals surface area contributed by atoms with Crippen molar-refractivity contribution in [2.45, 2.75) is 58.4 Å². The Morgan fingerprint density at radius 3 is 2.52 bits per heavy atom. The number of nitrogens with zero attached hydrogens (tertiary/aromatic N) is 3. The quantitative estimate of drug-likeness (QED) is 0.564. The van der Waals surface area contributed by atoms with E-state index in [1.54, 1.807) is 7.11 Å². The first-order chi connectivity index (χ1) is 12.1. The van der Waals surface area contributed by atoms with Gasteiger partial charge in [-0.15, -0.1) is 0 Å². The first-order valence-corrected chi connectivity index (χ1v) is 9.86. The molecule has 1 amide bonds. The van der Waals surface area contributed by atoms with Gasteiger partial charge in [-0.3, -0.25) is 0 Å². The van der Waals surface area contributed by atoms with Gasteiger partial charge in [-0.25, -0.2) is 4.79 Å². The molecule has 0 aromatic carbocycles. The van der Waals surface area contributed by atoms with E-state index in [-0.39, 0.29) is 6.09 Å². The second kappa shape index (κ2) is 7.94. The number of likely N-dealkylation sites (tertiary alicyclic amines) is 2. The third kappa shape index (κ3) is 3.94. The number of carbonyl (C=O) groups is 1. The van der Waals surface area contributed by atoms with Gasteiger partial charge in [-0.05, 0) is 64.0 Å². The smallest absolute Gasteiger partial charge is 0.409 e. The van der Waals surface area contributed by atoms with Gasteiger partial charge in [0.05, 0.1) is 12.3 Å². The molecule has 0 N–H and O–H groups in total. The van der Waals surface area contributed by atoms with Crippen molar-refractivity contribution in [1.29, 1.82) is 0 Å². The number of amides is 1. The SMILES string of the molecule is CCOC(=O)N1CCC2(CC(N3CCC(/C(CC)=N/OC)CC3)C2)C1. The molecule has 3 fully saturated rings. The highest BCUT2D eigenvalue weighted by atomic mass is 16.6. The molecular weight excluding hydrogens is 318 g/mol. The molecule has 6 nitrogen and oxygen atoms in total. The van der Waals surface area contributed by atoms with E-state index in [0.717, 1.165) is 39.0 Å². The molecule has 2 aliphatic heterocycles. The topological polar surface area (TPSA) is 54.4 Å². The van der Waals surface area contributed by atoms with E-state index < -0.39 is 0 Å². The van der Waals surface area contributed by atoms with E-state index in [0.29, 0.717) is 24.0 Å². The van der Waals surface area contributed by atoms with Gasteiger partial charge in [0.25, 0.3) is 0 Å². The van der Waals surface area contributed by atoms with Gasteiger partial charge in [0, 0.05) is 25.0 Å². The molecule has 6 heteroatoms. The summed E-state index contributed by atoms with van der Waals surface area (Å²) >= 11 is 0. The van der Waals surface area contributed by atoms with Gasteiger partial charge in [0.1, 0.15) is 7.11 Å². The summed E-state index contributed by atoms with van der Waals surface area (Å²) in [5.41, 5.74) is 1.58. The summed E-state index contributed by atoms with van der Waals surface area (Å²) in [4.78, 5) is 21.5. The molecule has 2 heterocycles. The van der Waals surface area contributed by atoms with E-state index in [1.165, 1.54) is 31.4 Å². The molecule has 142 valence electrons. The van der Waals surface area contributed by atoms with Gasteiger partial charge in [0.15, 0.2) is 0 Å². The first-order valence-electron chi connectivity index (χ1n) is 9.86. The number of hydrogen-bond acceptors (Lipinski definition) is 5. The van der Waals surface area contributed by atoms with Crippen LogP contribution in [-0.2, 0) is 9.57 Å². The first kappa shape index (κ1) is 18.5. The summed E-state index contributed by atoms with van der Waals surface area (Å²) in [6, 6.07) is 0.701. The minimum absolute atomic E-state index is 0.131. The lowest BCUT2D eigenvalue weighted by molar-refractivity contribution is -0.00565. The molecule has 3 aliphatic rings. The molecular formula is C19H33N3O3. The Kier molecular flexibility index (Phi) is 5.87. The van der Waals surface area contributed by atoms with Crippen LogP contribution in [0.5, 0.6) is 0 Å². The normalized spacial score (nSPS) is 31.2. The van der Waals surface area contributed by atoms with Crippen LogP contribution < -0.4 is 0 Å². The number of rotatable bonds is 5. The third-order valence-corrected chi connectivity index (χ3v) is 6.39. The molecule has 2 saturated heterocycles. The highest BCUT2D eigenvalue weighted by Crippen LogP contribution is 2.50. The zero-order valence-electron chi connectivity index (χ0n) is 16.0. The number of piperidine rings is 1. The van der Waals surface area contributed by atoms with Gasteiger partial charge >= 0.3 is 6.09 Å². The maximum atomic E-state index is 11.9. The van der Waals surface area contributed by atoms with Crippen molar-refractivity contribution in [3.05, 3.63) is 0 Å². The number of carbonyl (C=O) groups excluding carboxylic acids is 1. The standard InChI is InChI=1S/C19H33N3O3/c1-4-17(20-24-3)15-6-9-21(10-7-15)16-12-19(13-16)8-11-22(14-19)18(23)25-5-2/h15-16H,4-14H2,1-3H3/b20-17+. The molecule has 0 aromatic heterocycles. The lowest BCUT2D eigenvalue weighted by atomic mass is 9.64. The number of oxime groups is 1. The van der Waals surface area contributed by atoms with Crippen LogP contribution in [0, 0.1) is 11.3 Å². The van der Waals surface area contributed by atoms with E-state index in [9.17, 15) is 4.79 Å². The molecule has 0 aromatic rings. The second-order valence-electron chi connectivity index (χ2n) is 7.86. The minimum atomic E-state index is -0.131. The average molecular weight is 351 g/mol. The van der Waals surface area contributed by atoms with Crippen LogP contribution in [-0.4, -0.2) is 67.5 Å². The maximum absolute atomic E-state index is 11.9. The predicted octanol–water partition coefficient (Wildman–Crippen LogP) is 3.12. The van der Waals surface area contributed by atoms with Gasteiger partial charge in [0.2, 0.25) is 0 Å². The summed E-state index contributed by atoms with van der Waals surface area (Å²) in [7, 11) is 1.64. The van der Waals surface area contributed by atoms with Crippen LogP contribution in [0.2, 0.25) is 0 Å². The largest absolute Gasteiger partial charge is 0.450 e. The molecule has 0 radical (unpaired) electrons. The fourth-order valence-corrected chi connectivity index (χ4v) is 4.98. The van der Waals surface area contributed by atoms with Crippen LogP contribution in [0.25, 0.3) is 0 Å². The van der Waals surface area contributed by atoms with Gasteiger partial charge in [-0.2, -0.15) is 0 Å². The van der Waals surface area contributed by atoms with Crippen molar-refractivity contribution < 1.29 is 14.4 Å². The lowest BCUT2D eigenvalue weighted by Gasteiger charge is -2.51. The number of hydrogen-bond donors (Lipinski definition) is 0. The van der Waals surface area contributed by atoms with Crippen molar-refractivity contribution in [3.8, 4) is 0 Å². The fourth-order valence-electron chi connectivity index (χ4n) is 4.98. The Hall–Kier alpha value is -1.30. The molecule has 0 atom stereocenters. The zero-order chi connectivity index (χ0) is 17.9. The monoisotopic (exact) mass is 351 g/mol. The summed E-state index contributed by atoms with van der Waals surface area (Å²) < 4.78 is 5.15. The van der Waals surface area contributed by atoms with E-state index in [4.69, 9.17) is 9.57 Å². The Balaban J connectivity index is 1.44. The number of ether oxygens (including phenoxy) is 1. The van der Waals surface area contributed by atoms with E-state index in [1.807, 2.05) is 11.8 Å². The van der Waals surface area contributed by atoms with Crippen LogP contribution >= 0.6 is 0 Å². The van der Waals surface area contributed by atoms with E-state index in [2.05, 4.69) is 17.0 Å². The van der Waals surface area contributed by atoms with Crippen molar-refractivity contribution in [2.24, 2.45) is 16.5 Å².